The van der Waals surface area contributed by atoms with E-state index in [1.54, 1.807) is 25.3 Å². The van der Waals surface area contributed by atoms with Crippen LogP contribution in [0.1, 0.15) is 11.5 Å². The molecule has 4 rings (SSSR count). The van der Waals surface area contributed by atoms with E-state index in [4.69, 9.17) is 16.3 Å². The molecular weight excluding hydrogens is 348 g/mol. The van der Waals surface area contributed by atoms with Gasteiger partial charge in [-0.05, 0) is 42.5 Å². The average molecular weight is 361 g/mol. The molecule has 0 saturated heterocycles. The van der Waals surface area contributed by atoms with Crippen molar-refractivity contribution >= 4 is 45.2 Å². The number of nitriles is 1. The monoisotopic (exact) mass is 360 g/mol. The normalized spacial score (nSPS) is 11.7. The van der Waals surface area contributed by atoms with Crippen LogP contribution in [0, 0.1) is 11.3 Å². The SMILES string of the molecule is COc1ccc(Cl)c2ccc(C=C(C#N)c3nc4ccccc4[nH]3)nc12. The first-order valence-corrected chi connectivity index (χ1v) is 8.27. The van der Waals surface area contributed by atoms with Gasteiger partial charge in [-0.15, -0.1) is 0 Å². The summed E-state index contributed by atoms with van der Waals surface area (Å²) in [6.45, 7) is 0. The molecule has 0 amide bonds. The number of imidazole rings is 1. The van der Waals surface area contributed by atoms with E-state index in [0.29, 0.717) is 33.4 Å². The van der Waals surface area contributed by atoms with Crippen molar-refractivity contribution in [1.29, 1.82) is 5.26 Å². The predicted molar refractivity (Wildman–Crippen MR) is 103 cm³/mol. The lowest BCUT2D eigenvalue weighted by Gasteiger charge is -2.07. The Kier molecular flexibility index (Phi) is 4.04. The van der Waals surface area contributed by atoms with Crippen molar-refractivity contribution in [2.24, 2.45) is 0 Å². The van der Waals surface area contributed by atoms with E-state index in [1.807, 2.05) is 36.4 Å². The van der Waals surface area contributed by atoms with Crippen LogP contribution in [-0.2, 0) is 0 Å². The van der Waals surface area contributed by atoms with Crippen molar-refractivity contribution in [3.8, 4) is 11.8 Å². The van der Waals surface area contributed by atoms with Crippen LogP contribution >= 0.6 is 11.6 Å². The topological polar surface area (TPSA) is 74.6 Å². The molecule has 0 atom stereocenters. The number of ether oxygens (including phenoxy) is 1. The van der Waals surface area contributed by atoms with Gasteiger partial charge in [-0.1, -0.05) is 23.7 Å². The molecule has 0 aliphatic heterocycles. The Morgan fingerprint density at radius 1 is 1.15 bits per heavy atom. The highest BCUT2D eigenvalue weighted by atomic mass is 35.5. The molecule has 5 nitrogen and oxygen atoms in total. The maximum absolute atomic E-state index is 9.57. The van der Waals surface area contributed by atoms with Gasteiger partial charge in [-0.3, -0.25) is 0 Å². The number of benzene rings is 2. The average Bonchev–Trinajstić information content (AvgIpc) is 3.10. The second-order valence-electron chi connectivity index (χ2n) is 5.65. The molecule has 0 aliphatic rings. The summed E-state index contributed by atoms with van der Waals surface area (Å²) in [5.74, 6) is 1.13. The number of methoxy groups -OCH3 is 1. The van der Waals surface area contributed by atoms with Crippen LogP contribution < -0.4 is 4.74 Å². The fourth-order valence-corrected chi connectivity index (χ4v) is 3.01. The predicted octanol–water partition coefficient (Wildman–Crippen LogP) is 4.84. The molecule has 0 aliphatic carbocycles. The number of pyridine rings is 1. The molecule has 26 heavy (non-hydrogen) atoms. The number of fused-ring (bicyclic) bond motifs is 2. The lowest BCUT2D eigenvalue weighted by molar-refractivity contribution is 0.419. The van der Waals surface area contributed by atoms with Crippen LogP contribution in [0.15, 0.2) is 48.5 Å². The number of allylic oxidation sites excluding steroid dienone is 1. The quantitative estimate of drug-likeness (QED) is 0.530. The molecule has 0 saturated carbocycles. The van der Waals surface area contributed by atoms with Crippen molar-refractivity contribution in [2.75, 3.05) is 7.11 Å². The largest absolute Gasteiger partial charge is 0.494 e. The fraction of sp³-hybridized carbons (Fsp3) is 0.0500. The maximum atomic E-state index is 9.57. The number of nitrogens with one attached hydrogen (secondary N) is 1. The summed E-state index contributed by atoms with van der Waals surface area (Å²) in [6.07, 6.45) is 1.69. The van der Waals surface area contributed by atoms with Gasteiger partial charge in [0.1, 0.15) is 23.2 Å². The molecule has 2 aromatic heterocycles. The number of rotatable bonds is 3. The molecule has 0 spiro atoms. The molecule has 0 bridgehead atoms. The molecule has 0 radical (unpaired) electrons. The first kappa shape index (κ1) is 16.1. The third-order valence-corrected chi connectivity index (χ3v) is 4.40. The Labute approximate surface area is 154 Å². The summed E-state index contributed by atoms with van der Waals surface area (Å²) < 4.78 is 5.37. The minimum Gasteiger partial charge on any atom is -0.494 e. The lowest BCUT2D eigenvalue weighted by atomic mass is 10.1. The van der Waals surface area contributed by atoms with Gasteiger partial charge in [0.15, 0.2) is 0 Å². The first-order valence-electron chi connectivity index (χ1n) is 7.90. The van der Waals surface area contributed by atoms with Crippen LogP contribution in [0.5, 0.6) is 5.75 Å². The van der Waals surface area contributed by atoms with E-state index >= 15 is 0 Å². The van der Waals surface area contributed by atoms with Gasteiger partial charge in [0.05, 0.1) is 34.4 Å². The summed E-state index contributed by atoms with van der Waals surface area (Å²) in [7, 11) is 1.59. The van der Waals surface area contributed by atoms with Gasteiger partial charge in [-0.2, -0.15) is 5.26 Å². The summed E-state index contributed by atoms with van der Waals surface area (Å²) in [5, 5.41) is 11.0. The van der Waals surface area contributed by atoms with Crippen LogP contribution in [0.4, 0.5) is 0 Å². The fourth-order valence-electron chi connectivity index (χ4n) is 2.80. The lowest BCUT2D eigenvalue weighted by Crippen LogP contribution is -1.91. The second kappa shape index (κ2) is 6.51. The Morgan fingerprint density at radius 3 is 2.77 bits per heavy atom. The summed E-state index contributed by atoms with van der Waals surface area (Å²) in [6, 6.07) is 17.0. The van der Waals surface area contributed by atoms with Crippen LogP contribution in [0.3, 0.4) is 0 Å². The van der Waals surface area contributed by atoms with Crippen LogP contribution in [0.2, 0.25) is 5.02 Å². The standard InChI is InChI=1S/C20H13ClN4O/c1-26-18-9-8-15(21)14-7-6-13(23-19(14)18)10-12(11-22)20-24-16-4-2-3-5-17(16)25-20/h2-10H,1H3,(H,24,25). The number of hydrogen-bond acceptors (Lipinski definition) is 4. The summed E-state index contributed by atoms with van der Waals surface area (Å²) in [5.41, 5.74) is 3.35. The zero-order valence-corrected chi connectivity index (χ0v) is 14.6. The smallest absolute Gasteiger partial charge is 0.149 e. The van der Waals surface area contributed by atoms with E-state index in [-0.39, 0.29) is 0 Å². The van der Waals surface area contributed by atoms with Gasteiger partial charge in [0, 0.05) is 5.39 Å². The van der Waals surface area contributed by atoms with Gasteiger partial charge in [0.25, 0.3) is 0 Å². The van der Waals surface area contributed by atoms with Gasteiger partial charge < -0.3 is 9.72 Å². The molecule has 2 heterocycles. The maximum Gasteiger partial charge on any atom is 0.149 e. The third-order valence-electron chi connectivity index (χ3n) is 4.07. The number of aromatic amines is 1. The minimum absolute atomic E-state index is 0.397. The molecule has 2 aromatic carbocycles. The molecule has 6 heteroatoms. The van der Waals surface area contributed by atoms with Crippen molar-refractivity contribution in [2.45, 2.75) is 0 Å². The number of hydrogen-bond donors (Lipinski definition) is 1. The van der Waals surface area contributed by atoms with Gasteiger partial charge >= 0.3 is 0 Å². The van der Waals surface area contributed by atoms with Crippen LogP contribution in [0.25, 0.3) is 33.6 Å². The van der Waals surface area contributed by atoms with Crippen molar-refractivity contribution < 1.29 is 4.74 Å². The van der Waals surface area contributed by atoms with Crippen molar-refractivity contribution in [1.82, 2.24) is 15.0 Å². The minimum atomic E-state index is 0.397. The number of H-pyrrole nitrogens is 1. The Morgan fingerprint density at radius 2 is 2.00 bits per heavy atom. The van der Waals surface area contributed by atoms with E-state index in [1.165, 1.54) is 0 Å². The zero-order chi connectivity index (χ0) is 18.1. The number of halogens is 1. The highest BCUT2D eigenvalue weighted by Crippen LogP contribution is 2.30. The Hall–Kier alpha value is -3.36. The van der Waals surface area contributed by atoms with E-state index in [9.17, 15) is 5.26 Å². The number of nitrogens with zero attached hydrogens (tertiary/aromatic N) is 3. The van der Waals surface area contributed by atoms with Crippen molar-refractivity contribution in [3.63, 3.8) is 0 Å². The highest BCUT2D eigenvalue weighted by molar-refractivity contribution is 6.35. The van der Waals surface area contributed by atoms with Crippen LogP contribution in [-0.4, -0.2) is 22.1 Å². The van der Waals surface area contributed by atoms with E-state index in [2.05, 4.69) is 21.0 Å². The molecule has 1 N–H and O–H groups in total. The second-order valence-corrected chi connectivity index (χ2v) is 6.06. The first-order chi connectivity index (χ1) is 12.7. The van der Waals surface area contributed by atoms with E-state index in [0.717, 1.165) is 16.4 Å². The van der Waals surface area contributed by atoms with Gasteiger partial charge in [-0.25, -0.2) is 9.97 Å². The summed E-state index contributed by atoms with van der Waals surface area (Å²) in [4.78, 5) is 12.2. The molecule has 0 unspecified atom stereocenters. The zero-order valence-electron chi connectivity index (χ0n) is 13.8. The molecule has 0 fully saturated rings. The highest BCUT2D eigenvalue weighted by Gasteiger charge is 2.10. The Bertz CT molecular complexity index is 1170. The number of para-hydroxylation sites is 2. The Balaban J connectivity index is 1.84. The third kappa shape index (κ3) is 2.77. The molecule has 126 valence electrons. The molecular formula is C20H13ClN4O. The van der Waals surface area contributed by atoms with Gasteiger partial charge in [0.2, 0.25) is 0 Å². The summed E-state index contributed by atoms with van der Waals surface area (Å²) >= 11 is 6.23. The molecule has 4 aromatic rings. The van der Waals surface area contributed by atoms with E-state index < -0.39 is 0 Å². The number of aromatic nitrogens is 3. The van der Waals surface area contributed by atoms with Crippen molar-refractivity contribution in [3.05, 3.63) is 65.1 Å².